The molecule has 2 N–H and O–H groups in total. The highest BCUT2D eigenvalue weighted by Gasteiger charge is 2.39. The molecule has 0 atom stereocenters. The molecule has 1 aromatic heterocycles. The van der Waals surface area contributed by atoms with Gasteiger partial charge < -0.3 is 14.5 Å². The molecule has 0 bridgehead atoms. The molecule has 1 aromatic carbocycles. The van der Waals surface area contributed by atoms with Gasteiger partial charge >= 0.3 is 7.12 Å². The number of benzene rings is 1. The van der Waals surface area contributed by atoms with E-state index in [1.807, 2.05) is 18.2 Å². The highest BCUT2D eigenvalue weighted by Crippen LogP contribution is 2.38. The zero-order valence-electron chi connectivity index (χ0n) is 12.6. The lowest BCUT2D eigenvalue weighted by molar-refractivity contribution is 0.427. The van der Waals surface area contributed by atoms with Gasteiger partial charge in [0.2, 0.25) is 8.32 Å². The molecule has 6 heteroatoms. The molecular formula is C14H21BO3SSi. The smallest absolute Gasteiger partial charge is 0.499 e. The fraction of sp³-hybridized carbons (Fsp3) is 0.429. The first-order chi connectivity index (χ1) is 9.10. The molecule has 1 heterocycles. The van der Waals surface area contributed by atoms with Crippen molar-refractivity contribution in [1.29, 1.82) is 0 Å². The van der Waals surface area contributed by atoms with Crippen molar-refractivity contribution in [3.05, 3.63) is 24.3 Å². The Morgan fingerprint density at radius 2 is 1.80 bits per heavy atom. The second-order valence-corrected chi connectivity index (χ2v) is 12.4. The van der Waals surface area contributed by atoms with Crippen LogP contribution in [-0.4, -0.2) is 25.5 Å². The van der Waals surface area contributed by atoms with E-state index >= 15 is 0 Å². The zero-order chi connectivity index (χ0) is 15.1. The van der Waals surface area contributed by atoms with Crippen molar-refractivity contribution in [3.63, 3.8) is 0 Å². The van der Waals surface area contributed by atoms with Crippen LogP contribution in [0, 0.1) is 0 Å². The van der Waals surface area contributed by atoms with Gasteiger partial charge in [-0.3, -0.25) is 0 Å². The van der Waals surface area contributed by atoms with Crippen LogP contribution in [0.4, 0.5) is 0 Å². The van der Waals surface area contributed by atoms with Crippen molar-refractivity contribution >= 4 is 41.6 Å². The first kappa shape index (κ1) is 15.6. The summed E-state index contributed by atoms with van der Waals surface area (Å²) in [5, 5.41) is 19.6. The van der Waals surface area contributed by atoms with Crippen molar-refractivity contribution in [3.8, 4) is 5.75 Å². The summed E-state index contributed by atoms with van der Waals surface area (Å²) in [7, 11) is -3.25. The molecule has 0 aliphatic heterocycles. The van der Waals surface area contributed by atoms with Crippen LogP contribution in [0.25, 0.3) is 10.1 Å². The Morgan fingerprint density at radius 1 is 1.15 bits per heavy atom. The van der Waals surface area contributed by atoms with E-state index in [1.165, 1.54) is 11.3 Å². The highest BCUT2D eigenvalue weighted by molar-refractivity contribution is 7.27. The molecule has 0 aliphatic rings. The molecule has 0 unspecified atom stereocenters. The Hall–Kier alpha value is -0.818. The van der Waals surface area contributed by atoms with Crippen molar-refractivity contribution < 1.29 is 14.5 Å². The van der Waals surface area contributed by atoms with E-state index in [-0.39, 0.29) is 5.04 Å². The molecule has 20 heavy (non-hydrogen) atoms. The van der Waals surface area contributed by atoms with Crippen LogP contribution in [0.15, 0.2) is 24.3 Å². The predicted molar refractivity (Wildman–Crippen MR) is 89.5 cm³/mol. The third-order valence-corrected chi connectivity index (χ3v) is 9.44. The van der Waals surface area contributed by atoms with E-state index in [4.69, 9.17) is 4.43 Å². The van der Waals surface area contributed by atoms with Gasteiger partial charge in [-0.05, 0) is 47.8 Å². The van der Waals surface area contributed by atoms with Gasteiger partial charge in [-0.25, -0.2) is 0 Å². The standard InChI is InChI=1S/C14H21BO3SSi/c1-14(2,3)20(4,5)18-11-7-6-10-8-13(15(16)17)19-12(10)9-11/h6-9,16-17H,1-5H3. The number of fused-ring (bicyclic) bond motifs is 1. The minimum Gasteiger partial charge on any atom is -0.543 e. The molecule has 0 saturated heterocycles. The summed E-state index contributed by atoms with van der Waals surface area (Å²) in [6, 6.07) is 7.73. The lowest BCUT2D eigenvalue weighted by Gasteiger charge is -2.36. The maximum atomic E-state index is 9.23. The molecule has 0 radical (unpaired) electrons. The number of hydrogen-bond acceptors (Lipinski definition) is 4. The van der Waals surface area contributed by atoms with Gasteiger partial charge in [-0.1, -0.05) is 20.8 Å². The van der Waals surface area contributed by atoms with Crippen molar-refractivity contribution in [2.45, 2.75) is 38.9 Å². The summed E-state index contributed by atoms with van der Waals surface area (Å²) < 4.78 is 7.84. The second-order valence-electron chi connectivity index (χ2n) is 6.58. The van der Waals surface area contributed by atoms with Crippen LogP contribution in [0.3, 0.4) is 0 Å². The number of rotatable bonds is 3. The fourth-order valence-electron chi connectivity index (χ4n) is 1.67. The Kier molecular flexibility index (Phi) is 4.03. The van der Waals surface area contributed by atoms with Gasteiger partial charge in [0.05, 0.1) is 0 Å². The van der Waals surface area contributed by atoms with Crippen molar-refractivity contribution in [2.75, 3.05) is 0 Å². The quantitative estimate of drug-likeness (QED) is 0.857. The van der Waals surface area contributed by atoms with E-state index in [1.54, 1.807) is 6.07 Å². The second kappa shape index (κ2) is 5.18. The summed E-state index contributed by atoms with van der Waals surface area (Å²) in [4.78, 5) is 0. The topological polar surface area (TPSA) is 49.7 Å². The van der Waals surface area contributed by atoms with Crippen LogP contribution in [-0.2, 0) is 0 Å². The van der Waals surface area contributed by atoms with E-state index < -0.39 is 15.4 Å². The van der Waals surface area contributed by atoms with Crippen molar-refractivity contribution in [1.82, 2.24) is 0 Å². The average molecular weight is 308 g/mol. The summed E-state index contributed by atoms with van der Waals surface area (Å²) >= 11 is 1.39. The minimum atomic E-state index is -1.84. The number of thiophene rings is 1. The summed E-state index contributed by atoms with van der Waals surface area (Å²) in [6.45, 7) is 11.1. The van der Waals surface area contributed by atoms with E-state index in [0.717, 1.165) is 15.8 Å². The highest BCUT2D eigenvalue weighted by atomic mass is 32.1. The maximum Gasteiger partial charge on any atom is 0.499 e. The Morgan fingerprint density at radius 3 is 2.35 bits per heavy atom. The number of hydrogen-bond donors (Lipinski definition) is 2. The van der Waals surface area contributed by atoms with Gasteiger partial charge in [0.25, 0.3) is 0 Å². The van der Waals surface area contributed by atoms with Gasteiger partial charge in [0.1, 0.15) is 5.75 Å². The molecule has 3 nitrogen and oxygen atoms in total. The first-order valence-electron chi connectivity index (χ1n) is 6.69. The van der Waals surface area contributed by atoms with Gasteiger partial charge in [0.15, 0.2) is 0 Å². The van der Waals surface area contributed by atoms with Crippen LogP contribution >= 0.6 is 11.3 Å². The molecule has 2 aromatic rings. The molecule has 0 fully saturated rings. The molecular weight excluding hydrogens is 287 g/mol. The lowest BCUT2D eigenvalue weighted by Crippen LogP contribution is -2.43. The van der Waals surface area contributed by atoms with E-state index in [2.05, 4.69) is 33.9 Å². The Balaban J connectivity index is 2.33. The largest absolute Gasteiger partial charge is 0.543 e. The third-order valence-electron chi connectivity index (χ3n) is 3.94. The van der Waals surface area contributed by atoms with Crippen LogP contribution < -0.4 is 9.20 Å². The summed E-state index contributed by atoms with van der Waals surface area (Å²) in [5.41, 5.74) is 0. The Labute approximate surface area is 125 Å². The molecule has 2 rings (SSSR count). The molecule has 0 amide bonds. The van der Waals surface area contributed by atoms with Crippen molar-refractivity contribution in [2.24, 2.45) is 0 Å². The monoisotopic (exact) mass is 308 g/mol. The molecule has 0 saturated carbocycles. The minimum absolute atomic E-state index is 0.157. The molecule has 108 valence electrons. The summed E-state index contributed by atoms with van der Waals surface area (Å²) in [6.07, 6.45) is 0. The van der Waals surface area contributed by atoms with E-state index in [0.29, 0.717) is 4.78 Å². The SMILES string of the molecule is CC(C)(C)[Si](C)(C)Oc1ccc2cc(B(O)O)sc2c1. The van der Waals surface area contributed by atoms with Crippen LogP contribution in [0.5, 0.6) is 5.75 Å². The lowest BCUT2D eigenvalue weighted by atomic mass is 9.89. The maximum absolute atomic E-state index is 9.23. The average Bonchev–Trinajstić information content (AvgIpc) is 2.69. The zero-order valence-corrected chi connectivity index (χ0v) is 14.4. The predicted octanol–water partition coefficient (Wildman–Crippen LogP) is 2.97. The normalized spacial score (nSPS) is 12.8. The first-order valence-corrected chi connectivity index (χ1v) is 10.4. The molecule has 0 spiro atoms. The van der Waals surface area contributed by atoms with Gasteiger partial charge in [-0.15, -0.1) is 11.3 Å². The van der Waals surface area contributed by atoms with E-state index in [9.17, 15) is 10.0 Å². The van der Waals surface area contributed by atoms with Crippen LogP contribution in [0.2, 0.25) is 18.1 Å². The molecule has 0 aliphatic carbocycles. The third kappa shape index (κ3) is 3.09. The van der Waals surface area contributed by atoms with Gasteiger partial charge in [0, 0.05) is 9.48 Å². The fourth-order valence-corrected chi connectivity index (χ4v) is 3.66. The van der Waals surface area contributed by atoms with Gasteiger partial charge in [-0.2, -0.15) is 0 Å². The summed E-state index contributed by atoms with van der Waals surface area (Å²) in [5.74, 6) is 0.866. The Bertz CT molecular complexity index is 616. The van der Waals surface area contributed by atoms with Crippen LogP contribution in [0.1, 0.15) is 20.8 Å².